The minimum Gasteiger partial charge on any atom is -0.494 e. The van der Waals surface area contributed by atoms with Crippen LogP contribution in [0.2, 0.25) is 0 Å². The minimum absolute atomic E-state index is 0.232. The van der Waals surface area contributed by atoms with Gasteiger partial charge in [-0.15, -0.1) is 0 Å². The van der Waals surface area contributed by atoms with E-state index in [0.29, 0.717) is 6.61 Å². The molecule has 2 atom stereocenters. The lowest BCUT2D eigenvalue weighted by Gasteiger charge is -2.30. The van der Waals surface area contributed by atoms with Crippen molar-refractivity contribution >= 4 is 0 Å². The predicted octanol–water partition coefficient (Wildman–Crippen LogP) is 3.06. The van der Waals surface area contributed by atoms with Crippen molar-refractivity contribution in [3.05, 3.63) is 29.8 Å². The highest BCUT2D eigenvalue weighted by atomic mass is 16.5. The van der Waals surface area contributed by atoms with Gasteiger partial charge in [-0.2, -0.15) is 0 Å². The SMILES string of the molecule is CCOc1ccc(C(O)C(O)C2CCCCC2)cc1. The molecule has 3 heteroatoms. The maximum Gasteiger partial charge on any atom is 0.119 e. The van der Waals surface area contributed by atoms with E-state index in [-0.39, 0.29) is 5.92 Å². The van der Waals surface area contributed by atoms with E-state index in [0.717, 1.165) is 37.0 Å². The Hall–Kier alpha value is -1.06. The minimum atomic E-state index is -0.793. The molecule has 1 aromatic rings. The van der Waals surface area contributed by atoms with Crippen molar-refractivity contribution in [1.82, 2.24) is 0 Å². The molecular formula is C16H24O3. The molecule has 2 rings (SSSR count). The van der Waals surface area contributed by atoms with E-state index in [1.807, 2.05) is 31.2 Å². The molecule has 2 unspecified atom stereocenters. The van der Waals surface area contributed by atoms with E-state index in [2.05, 4.69) is 0 Å². The second-order valence-corrected chi connectivity index (χ2v) is 5.34. The van der Waals surface area contributed by atoms with Crippen LogP contribution in [0.25, 0.3) is 0 Å². The average molecular weight is 264 g/mol. The fourth-order valence-corrected chi connectivity index (χ4v) is 2.86. The maximum absolute atomic E-state index is 10.3. The van der Waals surface area contributed by atoms with E-state index in [4.69, 9.17) is 4.74 Å². The van der Waals surface area contributed by atoms with Crippen molar-refractivity contribution in [2.24, 2.45) is 5.92 Å². The molecule has 1 fully saturated rings. The second kappa shape index (κ2) is 6.92. The lowest BCUT2D eigenvalue weighted by Crippen LogP contribution is -2.29. The van der Waals surface area contributed by atoms with Crippen molar-refractivity contribution in [1.29, 1.82) is 0 Å². The summed E-state index contributed by atoms with van der Waals surface area (Å²) in [5.74, 6) is 1.03. The van der Waals surface area contributed by atoms with Gasteiger partial charge in [-0.1, -0.05) is 31.4 Å². The highest BCUT2D eigenvalue weighted by Crippen LogP contribution is 2.32. The molecule has 19 heavy (non-hydrogen) atoms. The maximum atomic E-state index is 10.3. The number of aliphatic hydroxyl groups is 2. The van der Waals surface area contributed by atoms with Crippen LogP contribution in [-0.2, 0) is 0 Å². The molecule has 1 saturated carbocycles. The topological polar surface area (TPSA) is 49.7 Å². The Balaban J connectivity index is 1.99. The van der Waals surface area contributed by atoms with Crippen molar-refractivity contribution in [3.8, 4) is 5.75 Å². The van der Waals surface area contributed by atoms with Crippen LogP contribution >= 0.6 is 0 Å². The van der Waals surface area contributed by atoms with E-state index in [9.17, 15) is 10.2 Å². The summed E-state index contributed by atoms with van der Waals surface area (Å²) in [5.41, 5.74) is 0.765. The first-order valence-corrected chi connectivity index (χ1v) is 7.31. The van der Waals surface area contributed by atoms with Gasteiger partial charge < -0.3 is 14.9 Å². The lowest BCUT2D eigenvalue weighted by atomic mass is 9.82. The van der Waals surface area contributed by atoms with Crippen LogP contribution in [0.1, 0.15) is 50.7 Å². The molecule has 0 heterocycles. The third-order valence-electron chi connectivity index (χ3n) is 3.99. The molecular weight excluding hydrogens is 240 g/mol. The summed E-state index contributed by atoms with van der Waals surface area (Å²) in [7, 11) is 0. The number of ether oxygens (including phenoxy) is 1. The molecule has 0 bridgehead atoms. The number of hydrogen-bond acceptors (Lipinski definition) is 3. The normalized spacial score (nSPS) is 19.9. The smallest absolute Gasteiger partial charge is 0.119 e. The van der Waals surface area contributed by atoms with Crippen LogP contribution in [0.15, 0.2) is 24.3 Å². The Labute approximate surface area is 115 Å². The second-order valence-electron chi connectivity index (χ2n) is 5.34. The average Bonchev–Trinajstić information content (AvgIpc) is 2.48. The third-order valence-corrected chi connectivity index (χ3v) is 3.99. The molecule has 1 aromatic carbocycles. The van der Waals surface area contributed by atoms with Gasteiger partial charge in [0.2, 0.25) is 0 Å². The largest absolute Gasteiger partial charge is 0.494 e. The van der Waals surface area contributed by atoms with Crippen LogP contribution in [0.5, 0.6) is 5.75 Å². The first-order valence-electron chi connectivity index (χ1n) is 7.31. The van der Waals surface area contributed by atoms with Gasteiger partial charge in [-0.25, -0.2) is 0 Å². The molecule has 0 saturated heterocycles. The number of benzene rings is 1. The highest BCUT2D eigenvalue weighted by molar-refractivity contribution is 5.29. The first kappa shape index (κ1) is 14.4. The van der Waals surface area contributed by atoms with Crippen molar-refractivity contribution < 1.29 is 14.9 Å². The van der Waals surface area contributed by atoms with Crippen molar-refractivity contribution in [2.75, 3.05) is 6.61 Å². The van der Waals surface area contributed by atoms with Gasteiger partial charge in [-0.3, -0.25) is 0 Å². The zero-order valence-corrected chi connectivity index (χ0v) is 11.6. The van der Waals surface area contributed by atoms with Crippen molar-refractivity contribution in [2.45, 2.75) is 51.2 Å². The molecule has 0 aliphatic heterocycles. The lowest BCUT2D eigenvalue weighted by molar-refractivity contribution is -0.0285. The summed E-state index contributed by atoms with van der Waals surface area (Å²) < 4.78 is 5.37. The molecule has 0 aromatic heterocycles. The molecule has 1 aliphatic carbocycles. The Morgan fingerprint density at radius 1 is 1.11 bits per heavy atom. The Bertz CT molecular complexity index is 368. The van der Waals surface area contributed by atoms with Crippen LogP contribution in [0.4, 0.5) is 0 Å². The predicted molar refractivity (Wildman–Crippen MR) is 75.2 cm³/mol. The fraction of sp³-hybridized carbons (Fsp3) is 0.625. The van der Waals surface area contributed by atoms with Crippen LogP contribution < -0.4 is 4.74 Å². The molecule has 2 N–H and O–H groups in total. The van der Waals surface area contributed by atoms with Gasteiger partial charge >= 0.3 is 0 Å². The number of aliphatic hydroxyl groups excluding tert-OH is 2. The van der Waals surface area contributed by atoms with Crippen LogP contribution in [0.3, 0.4) is 0 Å². The van der Waals surface area contributed by atoms with E-state index >= 15 is 0 Å². The van der Waals surface area contributed by atoms with Crippen molar-refractivity contribution in [3.63, 3.8) is 0 Å². The quantitative estimate of drug-likeness (QED) is 0.859. The van der Waals surface area contributed by atoms with Crippen LogP contribution in [-0.4, -0.2) is 22.9 Å². The van der Waals surface area contributed by atoms with E-state index < -0.39 is 12.2 Å². The highest BCUT2D eigenvalue weighted by Gasteiger charge is 2.28. The summed E-state index contributed by atoms with van der Waals surface area (Å²) in [6.07, 6.45) is 4.18. The Morgan fingerprint density at radius 3 is 2.32 bits per heavy atom. The van der Waals surface area contributed by atoms with Gasteiger partial charge in [0.1, 0.15) is 11.9 Å². The fourth-order valence-electron chi connectivity index (χ4n) is 2.86. The van der Waals surface area contributed by atoms with Gasteiger partial charge in [0.15, 0.2) is 0 Å². The Morgan fingerprint density at radius 2 is 1.74 bits per heavy atom. The molecule has 106 valence electrons. The summed E-state index contributed by atoms with van der Waals surface area (Å²) in [6.45, 7) is 2.57. The summed E-state index contributed by atoms with van der Waals surface area (Å²) in [5, 5.41) is 20.6. The first-order chi connectivity index (χ1) is 9.22. The molecule has 0 spiro atoms. The molecule has 3 nitrogen and oxygen atoms in total. The summed E-state index contributed by atoms with van der Waals surface area (Å²) >= 11 is 0. The van der Waals surface area contributed by atoms with E-state index in [1.54, 1.807) is 0 Å². The van der Waals surface area contributed by atoms with Gasteiger partial charge in [-0.05, 0) is 43.4 Å². The zero-order valence-electron chi connectivity index (χ0n) is 11.6. The molecule has 0 radical (unpaired) electrons. The van der Waals surface area contributed by atoms with Gasteiger partial charge in [0.05, 0.1) is 12.7 Å². The van der Waals surface area contributed by atoms with Crippen LogP contribution in [0, 0.1) is 5.92 Å². The monoisotopic (exact) mass is 264 g/mol. The molecule has 1 aliphatic rings. The van der Waals surface area contributed by atoms with Gasteiger partial charge in [0, 0.05) is 0 Å². The van der Waals surface area contributed by atoms with E-state index in [1.165, 1.54) is 6.42 Å². The summed E-state index contributed by atoms with van der Waals surface area (Å²) in [6, 6.07) is 7.36. The standard InChI is InChI=1S/C16H24O3/c1-2-19-14-10-8-13(9-11-14)16(18)15(17)12-6-4-3-5-7-12/h8-12,15-18H,2-7H2,1H3. The number of hydrogen-bond donors (Lipinski definition) is 2. The third kappa shape index (κ3) is 3.71. The zero-order chi connectivity index (χ0) is 13.7. The molecule has 0 amide bonds. The Kier molecular flexibility index (Phi) is 5.23. The van der Waals surface area contributed by atoms with Gasteiger partial charge in [0.25, 0.3) is 0 Å². The number of rotatable bonds is 5. The summed E-state index contributed by atoms with van der Waals surface area (Å²) in [4.78, 5) is 0.